The van der Waals surface area contributed by atoms with Gasteiger partial charge in [0.05, 0.1) is 0 Å². The summed E-state index contributed by atoms with van der Waals surface area (Å²) in [5, 5.41) is 8.77. The smallest absolute Gasteiger partial charge is 0.184 e. The zero-order valence-corrected chi connectivity index (χ0v) is 8.94. The molecule has 0 spiro atoms. The Balaban J connectivity index is 2.69. The van der Waals surface area contributed by atoms with Gasteiger partial charge < -0.3 is 10.5 Å². The van der Waals surface area contributed by atoms with Gasteiger partial charge in [-0.25, -0.2) is 0 Å². The van der Waals surface area contributed by atoms with Gasteiger partial charge in [-0.3, -0.25) is 0 Å². The summed E-state index contributed by atoms with van der Waals surface area (Å²) in [5.74, 6) is 0.745. The van der Waals surface area contributed by atoms with Gasteiger partial charge in [-0.2, -0.15) is 5.26 Å². The largest absolute Gasteiger partial charge is 0.476 e. The van der Waals surface area contributed by atoms with Crippen molar-refractivity contribution in [2.45, 2.75) is 25.9 Å². The van der Waals surface area contributed by atoms with E-state index in [2.05, 4.69) is 6.07 Å². The summed E-state index contributed by atoms with van der Waals surface area (Å²) in [4.78, 5) is 0. The number of nitriles is 1. The summed E-state index contributed by atoms with van der Waals surface area (Å²) in [7, 11) is 0. The van der Waals surface area contributed by atoms with Crippen LogP contribution in [-0.2, 0) is 6.42 Å². The first-order valence-electron chi connectivity index (χ1n) is 5.15. The molecule has 3 heteroatoms. The van der Waals surface area contributed by atoms with Crippen LogP contribution in [0, 0.1) is 11.3 Å². The SMILES string of the molecule is CCC(C#N)Oc1cccc(CCN)c1. The predicted molar refractivity (Wildman–Crippen MR) is 59.5 cm³/mol. The van der Waals surface area contributed by atoms with E-state index < -0.39 is 0 Å². The molecule has 0 aliphatic heterocycles. The van der Waals surface area contributed by atoms with Crippen LogP contribution in [0.1, 0.15) is 18.9 Å². The Morgan fingerprint density at radius 2 is 2.33 bits per heavy atom. The Labute approximate surface area is 90.5 Å². The second-order valence-corrected chi connectivity index (χ2v) is 3.33. The highest BCUT2D eigenvalue weighted by Crippen LogP contribution is 2.15. The molecule has 1 rings (SSSR count). The lowest BCUT2D eigenvalue weighted by atomic mass is 10.1. The number of hydrogen-bond acceptors (Lipinski definition) is 3. The molecule has 0 bridgehead atoms. The fraction of sp³-hybridized carbons (Fsp3) is 0.417. The third-order valence-electron chi connectivity index (χ3n) is 2.12. The van der Waals surface area contributed by atoms with E-state index in [1.807, 2.05) is 31.2 Å². The van der Waals surface area contributed by atoms with Gasteiger partial charge in [0.1, 0.15) is 11.8 Å². The maximum Gasteiger partial charge on any atom is 0.184 e. The van der Waals surface area contributed by atoms with E-state index in [-0.39, 0.29) is 6.10 Å². The minimum atomic E-state index is -0.363. The molecule has 0 radical (unpaired) electrons. The Morgan fingerprint density at radius 3 is 2.93 bits per heavy atom. The molecule has 1 aromatic rings. The molecular weight excluding hydrogens is 188 g/mol. The molecule has 15 heavy (non-hydrogen) atoms. The van der Waals surface area contributed by atoms with Crippen LogP contribution < -0.4 is 10.5 Å². The molecule has 1 aromatic carbocycles. The summed E-state index contributed by atoms with van der Waals surface area (Å²) in [6, 6.07) is 9.83. The van der Waals surface area contributed by atoms with Crippen LogP contribution in [0.15, 0.2) is 24.3 Å². The molecule has 2 N–H and O–H groups in total. The summed E-state index contributed by atoms with van der Waals surface area (Å²) < 4.78 is 5.50. The normalized spacial score (nSPS) is 11.8. The highest BCUT2D eigenvalue weighted by Gasteiger charge is 2.05. The van der Waals surface area contributed by atoms with Crippen molar-refractivity contribution in [3.05, 3.63) is 29.8 Å². The Morgan fingerprint density at radius 1 is 1.53 bits per heavy atom. The van der Waals surface area contributed by atoms with Gasteiger partial charge in [0.15, 0.2) is 6.10 Å². The molecule has 0 saturated carbocycles. The number of hydrogen-bond donors (Lipinski definition) is 1. The lowest BCUT2D eigenvalue weighted by Gasteiger charge is -2.10. The lowest BCUT2D eigenvalue weighted by molar-refractivity contribution is 0.251. The third kappa shape index (κ3) is 3.61. The summed E-state index contributed by atoms with van der Waals surface area (Å²) in [6.07, 6.45) is 1.16. The van der Waals surface area contributed by atoms with Crippen molar-refractivity contribution in [1.82, 2.24) is 0 Å². The highest BCUT2D eigenvalue weighted by molar-refractivity contribution is 5.29. The minimum absolute atomic E-state index is 0.363. The van der Waals surface area contributed by atoms with E-state index >= 15 is 0 Å². The quantitative estimate of drug-likeness (QED) is 0.796. The topological polar surface area (TPSA) is 59.0 Å². The average molecular weight is 204 g/mol. The van der Waals surface area contributed by atoms with E-state index in [4.69, 9.17) is 15.7 Å². The first-order chi connectivity index (χ1) is 7.30. The third-order valence-corrected chi connectivity index (χ3v) is 2.12. The number of benzene rings is 1. The molecule has 0 aliphatic rings. The summed E-state index contributed by atoms with van der Waals surface area (Å²) in [5.41, 5.74) is 6.61. The van der Waals surface area contributed by atoms with Crippen LogP contribution in [0.4, 0.5) is 0 Å². The van der Waals surface area contributed by atoms with Crippen LogP contribution in [0.25, 0.3) is 0 Å². The van der Waals surface area contributed by atoms with Crippen molar-refractivity contribution in [2.75, 3.05) is 6.54 Å². The van der Waals surface area contributed by atoms with Crippen LogP contribution in [-0.4, -0.2) is 12.6 Å². The monoisotopic (exact) mass is 204 g/mol. The fourth-order valence-electron chi connectivity index (χ4n) is 1.31. The van der Waals surface area contributed by atoms with Gasteiger partial charge in [0.25, 0.3) is 0 Å². The molecule has 0 fully saturated rings. The number of rotatable bonds is 5. The Hall–Kier alpha value is -1.53. The number of nitrogens with zero attached hydrogens (tertiary/aromatic N) is 1. The second kappa shape index (κ2) is 6.05. The first-order valence-corrected chi connectivity index (χ1v) is 5.15. The number of ether oxygens (including phenoxy) is 1. The van der Waals surface area contributed by atoms with Crippen molar-refractivity contribution >= 4 is 0 Å². The van der Waals surface area contributed by atoms with Crippen LogP contribution in [0.3, 0.4) is 0 Å². The van der Waals surface area contributed by atoms with Crippen molar-refractivity contribution in [2.24, 2.45) is 5.73 Å². The van der Waals surface area contributed by atoms with E-state index in [1.165, 1.54) is 0 Å². The predicted octanol–water partition coefficient (Wildman–Crippen LogP) is 1.87. The van der Waals surface area contributed by atoms with Gasteiger partial charge in [0.2, 0.25) is 0 Å². The van der Waals surface area contributed by atoms with E-state index in [9.17, 15) is 0 Å². The van der Waals surface area contributed by atoms with Gasteiger partial charge in [-0.1, -0.05) is 19.1 Å². The molecule has 0 amide bonds. The molecule has 0 saturated heterocycles. The Bertz CT molecular complexity index is 344. The van der Waals surface area contributed by atoms with Crippen molar-refractivity contribution in [3.63, 3.8) is 0 Å². The minimum Gasteiger partial charge on any atom is -0.476 e. The molecule has 1 unspecified atom stereocenters. The average Bonchev–Trinajstić information content (AvgIpc) is 2.27. The summed E-state index contributed by atoms with van der Waals surface area (Å²) in [6.45, 7) is 2.55. The van der Waals surface area contributed by atoms with Crippen molar-refractivity contribution in [3.8, 4) is 11.8 Å². The van der Waals surface area contributed by atoms with Gasteiger partial charge in [0, 0.05) is 0 Å². The summed E-state index contributed by atoms with van der Waals surface area (Å²) >= 11 is 0. The molecule has 80 valence electrons. The van der Waals surface area contributed by atoms with Gasteiger partial charge in [-0.15, -0.1) is 0 Å². The number of nitrogens with two attached hydrogens (primary N) is 1. The van der Waals surface area contributed by atoms with Gasteiger partial charge in [-0.05, 0) is 37.1 Å². The fourth-order valence-corrected chi connectivity index (χ4v) is 1.31. The van der Waals surface area contributed by atoms with E-state index in [0.717, 1.165) is 17.7 Å². The van der Waals surface area contributed by atoms with Crippen LogP contribution in [0.5, 0.6) is 5.75 Å². The van der Waals surface area contributed by atoms with Crippen LogP contribution >= 0.6 is 0 Å². The molecule has 0 aromatic heterocycles. The highest BCUT2D eigenvalue weighted by atomic mass is 16.5. The maximum atomic E-state index is 8.77. The zero-order chi connectivity index (χ0) is 11.1. The Kier molecular flexibility index (Phi) is 4.65. The molecular formula is C12H16N2O. The maximum absolute atomic E-state index is 8.77. The van der Waals surface area contributed by atoms with E-state index in [0.29, 0.717) is 13.0 Å². The van der Waals surface area contributed by atoms with Crippen LogP contribution in [0.2, 0.25) is 0 Å². The van der Waals surface area contributed by atoms with E-state index in [1.54, 1.807) is 0 Å². The molecule has 0 heterocycles. The van der Waals surface area contributed by atoms with Gasteiger partial charge >= 0.3 is 0 Å². The van der Waals surface area contributed by atoms with Crippen molar-refractivity contribution < 1.29 is 4.74 Å². The molecule has 3 nitrogen and oxygen atoms in total. The molecule has 0 aliphatic carbocycles. The second-order valence-electron chi connectivity index (χ2n) is 3.33. The molecule has 1 atom stereocenters. The lowest BCUT2D eigenvalue weighted by Crippen LogP contribution is -2.12. The zero-order valence-electron chi connectivity index (χ0n) is 8.94. The van der Waals surface area contributed by atoms with Crippen molar-refractivity contribution in [1.29, 1.82) is 5.26 Å². The first kappa shape index (κ1) is 11.5. The standard InChI is InChI=1S/C12H16N2O/c1-2-11(9-14)15-12-5-3-4-10(8-12)6-7-13/h3-5,8,11H,2,6-7,13H2,1H3.